The molecule has 2 aromatic heterocycles. The van der Waals surface area contributed by atoms with Crippen molar-refractivity contribution < 1.29 is 9.21 Å². The molecular weight excluding hydrogens is 432 g/mol. The summed E-state index contributed by atoms with van der Waals surface area (Å²) in [5, 5.41) is 14.7. The predicted molar refractivity (Wildman–Crippen MR) is 129 cm³/mol. The number of rotatable bonds is 7. The quantitative estimate of drug-likeness (QED) is 0.483. The molecule has 3 atom stereocenters. The standard InChI is InChI=1S/C24H30N8O2/c1-3-20(33)28-18-9-8-16-12-32(13-17(16)18)19-11-27-22(25)21(29-19)24-31-30-23(34-24)15-6-4-14(5-7-15)10-26-2/h4-7,11,16-18,26H,3,8-10,12-13H2,1-2H3,(H2,25,27)(H,28,33). The zero-order valence-corrected chi connectivity index (χ0v) is 19.5. The van der Waals surface area contributed by atoms with Gasteiger partial charge in [-0.1, -0.05) is 19.1 Å². The molecule has 3 heterocycles. The average Bonchev–Trinajstić information content (AvgIpc) is 3.58. The van der Waals surface area contributed by atoms with Crippen LogP contribution in [0.5, 0.6) is 0 Å². The van der Waals surface area contributed by atoms with E-state index in [-0.39, 0.29) is 23.7 Å². The second-order valence-electron chi connectivity index (χ2n) is 9.04. The maximum absolute atomic E-state index is 11.9. The second kappa shape index (κ2) is 9.38. The molecule has 34 heavy (non-hydrogen) atoms. The van der Waals surface area contributed by atoms with E-state index in [2.05, 4.69) is 30.7 Å². The molecular formula is C24H30N8O2. The molecule has 0 radical (unpaired) electrons. The van der Waals surface area contributed by atoms with Crippen LogP contribution in [-0.2, 0) is 11.3 Å². The fourth-order valence-electron chi connectivity index (χ4n) is 5.04. The number of nitrogens with zero attached hydrogens (tertiary/aromatic N) is 5. The zero-order valence-electron chi connectivity index (χ0n) is 19.5. The summed E-state index contributed by atoms with van der Waals surface area (Å²) in [6.45, 7) is 4.38. The zero-order chi connectivity index (χ0) is 23.7. The van der Waals surface area contributed by atoms with Crippen LogP contribution in [0.4, 0.5) is 11.6 Å². The first-order valence-corrected chi connectivity index (χ1v) is 11.8. The van der Waals surface area contributed by atoms with E-state index < -0.39 is 0 Å². The van der Waals surface area contributed by atoms with E-state index in [9.17, 15) is 4.79 Å². The van der Waals surface area contributed by atoms with E-state index in [0.29, 0.717) is 29.8 Å². The number of hydrogen-bond donors (Lipinski definition) is 3. The molecule has 1 saturated heterocycles. The minimum Gasteiger partial charge on any atom is -0.414 e. The number of fused-ring (bicyclic) bond motifs is 1. The Bertz CT molecular complexity index is 1160. The summed E-state index contributed by atoms with van der Waals surface area (Å²) in [5.74, 6) is 2.69. The molecule has 1 amide bonds. The molecule has 2 aliphatic rings. The normalized spacial score (nSPS) is 21.6. The van der Waals surface area contributed by atoms with E-state index in [4.69, 9.17) is 15.1 Å². The van der Waals surface area contributed by atoms with Gasteiger partial charge in [-0.2, -0.15) is 0 Å². The van der Waals surface area contributed by atoms with Crippen LogP contribution in [0.25, 0.3) is 23.0 Å². The Morgan fingerprint density at radius 3 is 2.74 bits per heavy atom. The number of benzene rings is 1. The molecule has 10 nitrogen and oxygen atoms in total. The number of nitrogens with one attached hydrogen (secondary N) is 2. The molecule has 10 heteroatoms. The molecule has 5 rings (SSSR count). The van der Waals surface area contributed by atoms with Gasteiger partial charge in [-0.25, -0.2) is 9.97 Å². The Labute approximate surface area is 198 Å². The topological polar surface area (TPSA) is 135 Å². The molecule has 4 N–H and O–H groups in total. The van der Waals surface area contributed by atoms with E-state index in [0.717, 1.165) is 43.9 Å². The van der Waals surface area contributed by atoms with Crippen LogP contribution in [0.3, 0.4) is 0 Å². The molecule has 1 aromatic carbocycles. The van der Waals surface area contributed by atoms with Crippen LogP contribution >= 0.6 is 0 Å². The second-order valence-corrected chi connectivity index (χ2v) is 9.04. The highest BCUT2D eigenvalue weighted by Crippen LogP contribution is 2.40. The maximum atomic E-state index is 11.9. The van der Waals surface area contributed by atoms with Gasteiger partial charge in [-0.05, 0) is 43.5 Å². The smallest absolute Gasteiger partial charge is 0.270 e. The Kier molecular flexibility index (Phi) is 6.14. The summed E-state index contributed by atoms with van der Waals surface area (Å²) in [5.41, 5.74) is 8.51. The van der Waals surface area contributed by atoms with Crippen molar-refractivity contribution in [1.29, 1.82) is 0 Å². The van der Waals surface area contributed by atoms with Crippen LogP contribution < -0.4 is 21.3 Å². The number of amides is 1. The maximum Gasteiger partial charge on any atom is 0.270 e. The monoisotopic (exact) mass is 462 g/mol. The van der Waals surface area contributed by atoms with Gasteiger partial charge in [-0.3, -0.25) is 4.79 Å². The third-order valence-corrected chi connectivity index (χ3v) is 6.85. The number of anilines is 2. The van der Waals surface area contributed by atoms with Crippen molar-refractivity contribution in [3.8, 4) is 23.0 Å². The Morgan fingerprint density at radius 1 is 1.18 bits per heavy atom. The van der Waals surface area contributed by atoms with Crippen molar-refractivity contribution in [2.75, 3.05) is 30.8 Å². The van der Waals surface area contributed by atoms with E-state index in [1.54, 1.807) is 6.20 Å². The number of nitrogen functional groups attached to an aromatic ring is 1. The average molecular weight is 463 g/mol. The third-order valence-electron chi connectivity index (χ3n) is 6.85. The van der Waals surface area contributed by atoms with Gasteiger partial charge in [0, 0.05) is 43.6 Å². The number of aromatic nitrogens is 4. The SMILES string of the molecule is CCC(=O)NC1CCC2CN(c3cnc(N)c(-c4nnc(-c5ccc(CNC)cc5)o4)n3)CC21. The van der Waals surface area contributed by atoms with E-state index in [1.807, 2.05) is 38.2 Å². The lowest BCUT2D eigenvalue weighted by atomic mass is 9.98. The van der Waals surface area contributed by atoms with Crippen LogP contribution in [-0.4, -0.2) is 52.3 Å². The summed E-state index contributed by atoms with van der Waals surface area (Å²) in [7, 11) is 1.91. The van der Waals surface area contributed by atoms with Gasteiger partial charge in [0.15, 0.2) is 11.5 Å². The van der Waals surface area contributed by atoms with Gasteiger partial charge in [0.1, 0.15) is 5.82 Å². The minimum atomic E-state index is 0.113. The van der Waals surface area contributed by atoms with Crippen LogP contribution in [0.15, 0.2) is 34.9 Å². The van der Waals surface area contributed by atoms with Gasteiger partial charge < -0.3 is 25.7 Å². The van der Waals surface area contributed by atoms with E-state index >= 15 is 0 Å². The van der Waals surface area contributed by atoms with Crippen molar-refractivity contribution in [3.63, 3.8) is 0 Å². The molecule has 3 unspecified atom stereocenters. The molecule has 1 saturated carbocycles. The highest BCUT2D eigenvalue weighted by molar-refractivity contribution is 5.76. The molecule has 2 fully saturated rings. The Morgan fingerprint density at radius 2 is 1.97 bits per heavy atom. The molecule has 178 valence electrons. The van der Waals surface area contributed by atoms with E-state index in [1.165, 1.54) is 5.56 Å². The summed E-state index contributed by atoms with van der Waals surface area (Å²) in [4.78, 5) is 23.2. The Hall–Kier alpha value is -3.53. The van der Waals surface area contributed by atoms with Gasteiger partial charge in [0.25, 0.3) is 5.89 Å². The molecule has 3 aromatic rings. The first-order chi connectivity index (χ1) is 16.6. The lowest BCUT2D eigenvalue weighted by Crippen LogP contribution is -2.39. The van der Waals surface area contributed by atoms with Crippen LogP contribution in [0.2, 0.25) is 0 Å². The third kappa shape index (κ3) is 4.33. The summed E-state index contributed by atoms with van der Waals surface area (Å²) in [6, 6.07) is 8.16. The van der Waals surface area contributed by atoms with Crippen molar-refractivity contribution in [2.24, 2.45) is 11.8 Å². The number of hydrogen-bond acceptors (Lipinski definition) is 9. The first-order valence-electron chi connectivity index (χ1n) is 11.8. The largest absolute Gasteiger partial charge is 0.414 e. The number of nitrogens with two attached hydrogens (primary N) is 1. The minimum absolute atomic E-state index is 0.113. The van der Waals surface area contributed by atoms with Crippen molar-refractivity contribution in [1.82, 2.24) is 30.8 Å². The molecule has 1 aliphatic carbocycles. The molecule has 0 bridgehead atoms. The predicted octanol–water partition coefficient (Wildman–Crippen LogP) is 2.24. The summed E-state index contributed by atoms with van der Waals surface area (Å²) < 4.78 is 5.92. The fraction of sp³-hybridized carbons (Fsp3) is 0.458. The fourth-order valence-corrected chi connectivity index (χ4v) is 5.04. The molecule has 1 aliphatic heterocycles. The summed E-state index contributed by atoms with van der Waals surface area (Å²) in [6.07, 6.45) is 4.34. The Balaban J connectivity index is 1.34. The van der Waals surface area contributed by atoms with Crippen LogP contribution in [0.1, 0.15) is 31.7 Å². The summed E-state index contributed by atoms with van der Waals surface area (Å²) >= 11 is 0. The number of carbonyl (C=O) groups excluding carboxylic acids is 1. The molecule has 0 spiro atoms. The first kappa shape index (κ1) is 22.3. The number of carbonyl (C=O) groups is 1. The highest BCUT2D eigenvalue weighted by Gasteiger charge is 2.43. The van der Waals surface area contributed by atoms with Crippen molar-refractivity contribution >= 4 is 17.5 Å². The lowest BCUT2D eigenvalue weighted by molar-refractivity contribution is -0.121. The van der Waals surface area contributed by atoms with Gasteiger partial charge in [0.2, 0.25) is 11.8 Å². The van der Waals surface area contributed by atoms with Gasteiger partial charge >= 0.3 is 0 Å². The highest BCUT2D eigenvalue weighted by atomic mass is 16.4. The van der Waals surface area contributed by atoms with Crippen molar-refractivity contribution in [3.05, 3.63) is 36.0 Å². The van der Waals surface area contributed by atoms with Gasteiger partial charge in [0.05, 0.1) is 6.20 Å². The van der Waals surface area contributed by atoms with Gasteiger partial charge in [-0.15, -0.1) is 10.2 Å². The lowest BCUT2D eigenvalue weighted by Gasteiger charge is -2.22. The van der Waals surface area contributed by atoms with Crippen LogP contribution in [0, 0.1) is 11.8 Å². The van der Waals surface area contributed by atoms with Crippen molar-refractivity contribution in [2.45, 2.75) is 38.8 Å².